The Morgan fingerprint density at radius 3 is 2.55 bits per heavy atom. The molecule has 3 nitrogen and oxygen atoms in total. The highest BCUT2D eigenvalue weighted by molar-refractivity contribution is 7.10. The average Bonchev–Trinajstić information content (AvgIpc) is 2.96. The van der Waals surface area contributed by atoms with E-state index in [0.717, 1.165) is 30.0 Å². The number of ether oxygens (including phenoxy) is 2. The highest BCUT2D eigenvalue weighted by Crippen LogP contribution is 2.38. The number of thiophene rings is 1. The van der Waals surface area contributed by atoms with Crippen LogP contribution in [0.3, 0.4) is 0 Å². The molecule has 108 valence electrons. The fraction of sp³-hybridized carbons (Fsp3) is 0.375. The van der Waals surface area contributed by atoms with E-state index in [1.165, 1.54) is 4.88 Å². The smallest absolute Gasteiger partial charge is 0.134 e. The van der Waals surface area contributed by atoms with Crippen LogP contribution in [0.4, 0.5) is 0 Å². The molecule has 0 fully saturated rings. The van der Waals surface area contributed by atoms with Gasteiger partial charge in [0.05, 0.1) is 25.1 Å². The lowest BCUT2D eigenvalue weighted by Gasteiger charge is -2.21. The van der Waals surface area contributed by atoms with Gasteiger partial charge < -0.3 is 14.8 Å². The van der Waals surface area contributed by atoms with E-state index >= 15 is 0 Å². The van der Waals surface area contributed by atoms with Gasteiger partial charge in [0.2, 0.25) is 0 Å². The zero-order chi connectivity index (χ0) is 14.4. The van der Waals surface area contributed by atoms with Crippen molar-refractivity contribution in [3.63, 3.8) is 0 Å². The molecule has 0 amide bonds. The van der Waals surface area contributed by atoms with Gasteiger partial charge in [-0.05, 0) is 30.5 Å². The summed E-state index contributed by atoms with van der Waals surface area (Å²) in [6, 6.07) is 10.2. The van der Waals surface area contributed by atoms with Crippen LogP contribution in [0.2, 0.25) is 0 Å². The Bertz CT molecular complexity index is 539. The van der Waals surface area contributed by atoms with Crippen molar-refractivity contribution in [3.8, 4) is 11.5 Å². The van der Waals surface area contributed by atoms with E-state index in [1.54, 1.807) is 25.6 Å². The molecule has 0 radical (unpaired) electrons. The maximum absolute atomic E-state index is 5.50. The van der Waals surface area contributed by atoms with E-state index < -0.39 is 0 Å². The molecule has 1 aromatic heterocycles. The molecule has 1 heterocycles. The predicted molar refractivity (Wildman–Crippen MR) is 84.0 cm³/mol. The molecule has 0 saturated heterocycles. The van der Waals surface area contributed by atoms with Crippen LogP contribution in [0.1, 0.15) is 29.8 Å². The molecule has 2 rings (SSSR count). The molecule has 0 bridgehead atoms. The van der Waals surface area contributed by atoms with E-state index in [2.05, 4.69) is 23.7 Å². The first-order chi connectivity index (χ1) is 9.81. The second kappa shape index (κ2) is 7.31. The Balaban J connectivity index is 2.41. The molecule has 0 spiro atoms. The van der Waals surface area contributed by atoms with Gasteiger partial charge in [0.1, 0.15) is 11.5 Å². The molecule has 0 aliphatic rings. The van der Waals surface area contributed by atoms with E-state index in [9.17, 15) is 0 Å². The first kappa shape index (κ1) is 14.9. The summed E-state index contributed by atoms with van der Waals surface area (Å²) in [7, 11) is 3.42. The van der Waals surface area contributed by atoms with Crippen molar-refractivity contribution >= 4 is 11.3 Å². The van der Waals surface area contributed by atoms with Crippen LogP contribution >= 0.6 is 11.3 Å². The van der Waals surface area contributed by atoms with Crippen LogP contribution in [0, 0.1) is 0 Å². The van der Waals surface area contributed by atoms with Gasteiger partial charge in [0, 0.05) is 5.56 Å². The van der Waals surface area contributed by atoms with Crippen LogP contribution in [0.15, 0.2) is 35.7 Å². The highest BCUT2D eigenvalue weighted by atomic mass is 32.1. The summed E-state index contributed by atoms with van der Waals surface area (Å²) < 4.78 is 11.0. The maximum atomic E-state index is 5.50. The molecule has 1 N–H and O–H groups in total. The topological polar surface area (TPSA) is 30.5 Å². The van der Waals surface area contributed by atoms with E-state index in [4.69, 9.17) is 9.47 Å². The van der Waals surface area contributed by atoms with Crippen LogP contribution in [-0.2, 0) is 0 Å². The Morgan fingerprint density at radius 2 is 1.85 bits per heavy atom. The number of benzene rings is 1. The van der Waals surface area contributed by atoms with Crippen molar-refractivity contribution < 1.29 is 9.47 Å². The zero-order valence-electron chi connectivity index (χ0n) is 12.2. The normalized spacial score (nSPS) is 12.2. The number of rotatable bonds is 7. The number of nitrogens with one attached hydrogen (secondary N) is 1. The summed E-state index contributed by atoms with van der Waals surface area (Å²) >= 11 is 1.70. The zero-order valence-corrected chi connectivity index (χ0v) is 13.0. The van der Waals surface area contributed by atoms with Crippen LogP contribution in [-0.4, -0.2) is 20.8 Å². The summed E-state index contributed by atoms with van der Waals surface area (Å²) in [6.45, 7) is 3.11. The second-order valence-corrected chi connectivity index (χ2v) is 5.43. The van der Waals surface area contributed by atoms with Gasteiger partial charge in [-0.2, -0.15) is 0 Å². The second-order valence-electron chi connectivity index (χ2n) is 4.48. The molecule has 0 aliphatic heterocycles. The molecule has 1 atom stereocenters. The lowest BCUT2D eigenvalue weighted by molar-refractivity contribution is 0.396. The lowest BCUT2D eigenvalue weighted by Crippen LogP contribution is -2.23. The predicted octanol–water partition coefficient (Wildman–Crippen LogP) is 3.85. The third-order valence-electron chi connectivity index (χ3n) is 3.19. The van der Waals surface area contributed by atoms with Crippen LogP contribution in [0.5, 0.6) is 11.5 Å². The minimum atomic E-state index is 0.0982. The van der Waals surface area contributed by atoms with E-state index in [0.29, 0.717) is 0 Å². The van der Waals surface area contributed by atoms with Crippen molar-refractivity contribution in [3.05, 3.63) is 46.2 Å². The lowest BCUT2D eigenvalue weighted by atomic mass is 10.0. The number of methoxy groups -OCH3 is 2. The van der Waals surface area contributed by atoms with Crippen molar-refractivity contribution in [1.82, 2.24) is 5.32 Å². The highest BCUT2D eigenvalue weighted by Gasteiger charge is 2.21. The fourth-order valence-corrected chi connectivity index (χ4v) is 3.18. The first-order valence-corrected chi connectivity index (χ1v) is 7.67. The molecule has 20 heavy (non-hydrogen) atoms. The summed E-state index contributed by atoms with van der Waals surface area (Å²) in [5.74, 6) is 1.83. The molecule has 0 aliphatic carbocycles. The van der Waals surface area contributed by atoms with Crippen molar-refractivity contribution in [2.75, 3.05) is 20.8 Å². The largest absolute Gasteiger partial charge is 0.496 e. The quantitative estimate of drug-likeness (QED) is 0.840. The fourth-order valence-electron chi connectivity index (χ4n) is 2.23. The van der Waals surface area contributed by atoms with E-state index in [1.807, 2.05) is 24.3 Å². The SMILES string of the molecule is CCCNC(c1ccccc1OC)c1sccc1OC. The van der Waals surface area contributed by atoms with Gasteiger partial charge in [-0.25, -0.2) is 0 Å². The first-order valence-electron chi connectivity index (χ1n) is 6.79. The molecule has 4 heteroatoms. The molecule has 2 aromatic rings. The monoisotopic (exact) mass is 291 g/mol. The number of hydrogen-bond donors (Lipinski definition) is 1. The molecular formula is C16H21NO2S. The molecule has 1 aromatic carbocycles. The summed E-state index contributed by atoms with van der Waals surface area (Å²) in [5.41, 5.74) is 1.14. The Labute approximate surface area is 124 Å². The van der Waals surface area contributed by atoms with E-state index in [-0.39, 0.29) is 6.04 Å². The van der Waals surface area contributed by atoms with Gasteiger partial charge in [-0.15, -0.1) is 11.3 Å². The van der Waals surface area contributed by atoms with Crippen LogP contribution < -0.4 is 14.8 Å². The summed E-state index contributed by atoms with van der Waals surface area (Å²) in [6.07, 6.45) is 1.08. The van der Waals surface area contributed by atoms with Crippen LogP contribution in [0.25, 0.3) is 0 Å². The third-order valence-corrected chi connectivity index (χ3v) is 4.15. The average molecular weight is 291 g/mol. The van der Waals surface area contributed by atoms with Gasteiger partial charge in [-0.1, -0.05) is 25.1 Å². The van der Waals surface area contributed by atoms with Crippen molar-refractivity contribution in [2.45, 2.75) is 19.4 Å². The summed E-state index contributed by atoms with van der Waals surface area (Å²) in [4.78, 5) is 1.19. The number of para-hydroxylation sites is 1. The number of hydrogen-bond acceptors (Lipinski definition) is 4. The minimum absolute atomic E-state index is 0.0982. The van der Waals surface area contributed by atoms with Crippen molar-refractivity contribution in [2.24, 2.45) is 0 Å². The third kappa shape index (κ3) is 3.14. The van der Waals surface area contributed by atoms with Crippen molar-refractivity contribution in [1.29, 1.82) is 0 Å². The van der Waals surface area contributed by atoms with Gasteiger partial charge in [0.25, 0.3) is 0 Å². The molecular weight excluding hydrogens is 270 g/mol. The van der Waals surface area contributed by atoms with Gasteiger partial charge in [0.15, 0.2) is 0 Å². The Hall–Kier alpha value is -1.52. The maximum Gasteiger partial charge on any atom is 0.134 e. The molecule has 1 unspecified atom stereocenters. The molecule has 0 saturated carbocycles. The Kier molecular flexibility index (Phi) is 5.44. The summed E-state index contributed by atoms with van der Waals surface area (Å²) in [5, 5.41) is 5.65. The minimum Gasteiger partial charge on any atom is -0.496 e. The van der Waals surface area contributed by atoms with Gasteiger partial charge >= 0.3 is 0 Å². The van der Waals surface area contributed by atoms with Gasteiger partial charge in [-0.3, -0.25) is 0 Å². The Morgan fingerprint density at radius 1 is 1.10 bits per heavy atom. The standard InChI is InChI=1S/C16H21NO2S/c1-4-10-17-15(16-14(19-3)9-11-20-16)12-7-5-6-8-13(12)18-2/h5-9,11,15,17H,4,10H2,1-3H3.